The Balaban J connectivity index is 1.66. The third kappa shape index (κ3) is 3.94. The molecule has 0 bridgehead atoms. The van der Waals surface area contributed by atoms with Gasteiger partial charge in [-0.05, 0) is 49.6 Å². The Labute approximate surface area is 113 Å². The molecule has 0 saturated carbocycles. The lowest BCUT2D eigenvalue weighted by Gasteiger charge is -2.05. The molecule has 19 heavy (non-hydrogen) atoms. The van der Waals surface area contributed by atoms with Crippen molar-refractivity contribution >= 4 is 0 Å². The topological polar surface area (TPSA) is 64.5 Å². The molecule has 0 aliphatic rings. The molecule has 4 heteroatoms. The number of aromatic nitrogens is 2. The highest BCUT2D eigenvalue weighted by atomic mass is 15.1. The fourth-order valence-electron chi connectivity index (χ4n) is 1.96. The standard InChI is InChI=1S/C15H18N4/c1-12-15(11-18-19-12)3-2-8-17-10-14-6-4-13(9-16)5-7-14/h4-7,11,17H,2-3,8,10H2,1H3,(H,18,19). The van der Waals surface area contributed by atoms with E-state index in [0.717, 1.165) is 31.6 Å². The van der Waals surface area contributed by atoms with Gasteiger partial charge < -0.3 is 5.32 Å². The van der Waals surface area contributed by atoms with E-state index in [2.05, 4.69) is 21.6 Å². The molecule has 4 nitrogen and oxygen atoms in total. The molecule has 1 aromatic heterocycles. The number of rotatable bonds is 6. The number of nitrogens with zero attached hydrogens (tertiary/aromatic N) is 2. The van der Waals surface area contributed by atoms with Crippen LogP contribution in [0.4, 0.5) is 0 Å². The van der Waals surface area contributed by atoms with Crippen LogP contribution in [0.25, 0.3) is 0 Å². The minimum absolute atomic E-state index is 0.708. The van der Waals surface area contributed by atoms with E-state index in [9.17, 15) is 0 Å². The number of H-pyrrole nitrogens is 1. The Morgan fingerprint density at radius 2 is 2.11 bits per heavy atom. The second-order valence-corrected chi connectivity index (χ2v) is 4.61. The molecule has 2 N–H and O–H groups in total. The third-order valence-electron chi connectivity index (χ3n) is 3.15. The van der Waals surface area contributed by atoms with E-state index in [1.165, 1.54) is 11.1 Å². The van der Waals surface area contributed by atoms with Crippen LogP contribution in [-0.2, 0) is 13.0 Å². The van der Waals surface area contributed by atoms with Gasteiger partial charge in [0.2, 0.25) is 0 Å². The number of nitriles is 1. The van der Waals surface area contributed by atoms with Crippen LogP contribution in [0.2, 0.25) is 0 Å². The van der Waals surface area contributed by atoms with Crippen molar-refractivity contribution < 1.29 is 0 Å². The van der Waals surface area contributed by atoms with Gasteiger partial charge in [0.05, 0.1) is 17.8 Å². The summed E-state index contributed by atoms with van der Waals surface area (Å²) in [7, 11) is 0. The molecular formula is C15H18N4. The molecule has 0 amide bonds. The number of aryl methyl sites for hydroxylation is 2. The van der Waals surface area contributed by atoms with Crippen LogP contribution in [0.15, 0.2) is 30.5 Å². The molecule has 2 rings (SSSR count). The summed E-state index contributed by atoms with van der Waals surface area (Å²) in [4.78, 5) is 0. The van der Waals surface area contributed by atoms with Gasteiger partial charge in [-0.25, -0.2) is 0 Å². The number of hydrogen-bond donors (Lipinski definition) is 2. The maximum absolute atomic E-state index is 8.71. The number of nitrogens with one attached hydrogen (secondary N) is 2. The Bertz CT molecular complexity index is 548. The molecule has 0 atom stereocenters. The second-order valence-electron chi connectivity index (χ2n) is 4.61. The van der Waals surface area contributed by atoms with Gasteiger partial charge in [-0.1, -0.05) is 12.1 Å². The Hall–Kier alpha value is -2.12. The average molecular weight is 254 g/mol. The van der Waals surface area contributed by atoms with Gasteiger partial charge in [0, 0.05) is 12.2 Å². The van der Waals surface area contributed by atoms with Crippen LogP contribution in [-0.4, -0.2) is 16.7 Å². The first-order valence-corrected chi connectivity index (χ1v) is 6.48. The first-order valence-electron chi connectivity index (χ1n) is 6.48. The quantitative estimate of drug-likeness (QED) is 0.777. The van der Waals surface area contributed by atoms with Crippen molar-refractivity contribution in [3.8, 4) is 6.07 Å². The summed E-state index contributed by atoms with van der Waals surface area (Å²) in [6.45, 7) is 3.87. The molecule has 0 radical (unpaired) electrons. The van der Waals surface area contributed by atoms with Gasteiger partial charge in [0.15, 0.2) is 0 Å². The smallest absolute Gasteiger partial charge is 0.0991 e. The zero-order valence-electron chi connectivity index (χ0n) is 11.1. The largest absolute Gasteiger partial charge is 0.313 e. The van der Waals surface area contributed by atoms with Crippen LogP contribution in [0.5, 0.6) is 0 Å². The molecule has 1 heterocycles. The van der Waals surface area contributed by atoms with E-state index in [1.807, 2.05) is 37.4 Å². The minimum Gasteiger partial charge on any atom is -0.313 e. The van der Waals surface area contributed by atoms with E-state index >= 15 is 0 Å². The zero-order valence-corrected chi connectivity index (χ0v) is 11.1. The highest BCUT2D eigenvalue weighted by molar-refractivity contribution is 5.31. The Kier molecular flexibility index (Phi) is 4.71. The summed E-state index contributed by atoms with van der Waals surface area (Å²) in [6.07, 6.45) is 4.04. The number of hydrogen-bond acceptors (Lipinski definition) is 3. The first kappa shape index (κ1) is 13.3. The van der Waals surface area contributed by atoms with E-state index in [0.29, 0.717) is 5.56 Å². The Morgan fingerprint density at radius 1 is 1.32 bits per heavy atom. The minimum atomic E-state index is 0.708. The molecule has 2 aromatic rings. The second kappa shape index (κ2) is 6.72. The molecule has 0 aliphatic carbocycles. The SMILES string of the molecule is Cc1[nH]ncc1CCCNCc1ccc(C#N)cc1. The van der Waals surface area contributed by atoms with E-state index in [4.69, 9.17) is 5.26 Å². The first-order chi connectivity index (χ1) is 9.29. The van der Waals surface area contributed by atoms with Crippen molar-refractivity contribution in [2.75, 3.05) is 6.54 Å². The van der Waals surface area contributed by atoms with Crippen molar-refractivity contribution in [2.24, 2.45) is 0 Å². The fraction of sp³-hybridized carbons (Fsp3) is 0.333. The van der Waals surface area contributed by atoms with E-state index in [1.54, 1.807) is 0 Å². The lowest BCUT2D eigenvalue weighted by molar-refractivity contribution is 0.648. The molecule has 0 spiro atoms. The lowest BCUT2D eigenvalue weighted by atomic mass is 10.1. The lowest BCUT2D eigenvalue weighted by Crippen LogP contribution is -2.15. The fourth-order valence-corrected chi connectivity index (χ4v) is 1.96. The maximum Gasteiger partial charge on any atom is 0.0991 e. The van der Waals surface area contributed by atoms with Crippen molar-refractivity contribution in [1.82, 2.24) is 15.5 Å². The van der Waals surface area contributed by atoms with Crippen LogP contribution < -0.4 is 5.32 Å². The molecule has 0 saturated heterocycles. The normalized spacial score (nSPS) is 10.3. The molecule has 98 valence electrons. The summed E-state index contributed by atoms with van der Waals surface area (Å²) in [5.41, 5.74) is 4.37. The summed E-state index contributed by atoms with van der Waals surface area (Å²) in [5, 5.41) is 19.1. The molecule has 1 aromatic carbocycles. The monoisotopic (exact) mass is 254 g/mol. The van der Waals surface area contributed by atoms with Crippen LogP contribution in [0, 0.1) is 18.3 Å². The predicted octanol–water partition coefficient (Wildman–Crippen LogP) is 2.31. The van der Waals surface area contributed by atoms with Crippen molar-refractivity contribution in [1.29, 1.82) is 5.26 Å². The van der Waals surface area contributed by atoms with Crippen molar-refractivity contribution in [3.05, 3.63) is 52.8 Å². The summed E-state index contributed by atoms with van der Waals surface area (Å²) >= 11 is 0. The van der Waals surface area contributed by atoms with Crippen LogP contribution in [0.3, 0.4) is 0 Å². The van der Waals surface area contributed by atoms with Gasteiger partial charge >= 0.3 is 0 Å². The van der Waals surface area contributed by atoms with Crippen LogP contribution in [0.1, 0.15) is 28.8 Å². The summed E-state index contributed by atoms with van der Waals surface area (Å²) in [5.74, 6) is 0. The molecule has 0 unspecified atom stereocenters. The average Bonchev–Trinajstić information content (AvgIpc) is 2.85. The van der Waals surface area contributed by atoms with Crippen molar-refractivity contribution in [3.63, 3.8) is 0 Å². The van der Waals surface area contributed by atoms with Gasteiger partial charge in [0.1, 0.15) is 0 Å². The molecular weight excluding hydrogens is 236 g/mol. The third-order valence-corrected chi connectivity index (χ3v) is 3.15. The number of aromatic amines is 1. The van der Waals surface area contributed by atoms with Gasteiger partial charge in [-0.2, -0.15) is 10.4 Å². The van der Waals surface area contributed by atoms with Gasteiger partial charge in [0.25, 0.3) is 0 Å². The number of benzene rings is 1. The molecule has 0 aliphatic heterocycles. The highest BCUT2D eigenvalue weighted by Crippen LogP contribution is 2.06. The summed E-state index contributed by atoms with van der Waals surface area (Å²) < 4.78 is 0. The van der Waals surface area contributed by atoms with E-state index in [-0.39, 0.29) is 0 Å². The maximum atomic E-state index is 8.71. The zero-order chi connectivity index (χ0) is 13.5. The van der Waals surface area contributed by atoms with Gasteiger partial charge in [-0.3, -0.25) is 5.10 Å². The Morgan fingerprint density at radius 3 is 2.74 bits per heavy atom. The predicted molar refractivity (Wildman–Crippen MR) is 74.5 cm³/mol. The van der Waals surface area contributed by atoms with Gasteiger partial charge in [-0.15, -0.1) is 0 Å². The summed E-state index contributed by atoms with van der Waals surface area (Å²) in [6, 6.07) is 9.81. The van der Waals surface area contributed by atoms with E-state index < -0.39 is 0 Å². The highest BCUT2D eigenvalue weighted by Gasteiger charge is 1.99. The van der Waals surface area contributed by atoms with Crippen molar-refractivity contribution in [2.45, 2.75) is 26.3 Å². The van der Waals surface area contributed by atoms with Crippen LogP contribution >= 0.6 is 0 Å². The molecule has 0 fully saturated rings.